The summed E-state index contributed by atoms with van der Waals surface area (Å²) in [6.07, 6.45) is 1.90. The highest BCUT2D eigenvalue weighted by Crippen LogP contribution is 2.25. The minimum atomic E-state index is -0.514. The lowest BCUT2D eigenvalue weighted by Crippen LogP contribution is -2.34. The SMILES string of the molecule is Cc1cn(C2CC(CO)N(N=O)C2)c(=O)[nH]c1=O. The topological polar surface area (TPSA) is 108 Å². The molecule has 2 N–H and O–H groups in total. The van der Waals surface area contributed by atoms with Crippen LogP contribution in [0.25, 0.3) is 0 Å². The number of aromatic amines is 1. The van der Waals surface area contributed by atoms with Crippen molar-refractivity contribution in [1.29, 1.82) is 0 Å². The first-order valence-electron chi connectivity index (χ1n) is 5.59. The minimum Gasteiger partial charge on any atom is -0.394 e. The molecule has 1 aromatic heterocycles. The lowest BCUT2D eigenvalue weighted by atomic mass is 10.2. The maximum Gasteiger partial charge on any atom is 0.328 e. The van der Waals surface area contributed by atoms with Crippen molar-refractivity contribution in [2.75, 3.05) is 13.2 Å². The van der Waals surface area contributed by atoms with Gasteiger partial charge in [0, 0.05) is 11.8 Å². The molecule has 18 heavy (non-hydrogen) atoms. The zero-order valence-electron chi connectivity index (χ0n) is 9.87. The Bertz CT molecular complexity index is 564. The molecular formula is C10H14N4O4. The van der Waals surface area contributed by atoms with Crippen molar-refractivity contribution in [3.8, 4) is 0 Å². The molecule has 98 valence electrons. The number of nitroso groups, excluding NO2 is 1. The summed E-state index contributed by atoms with van der Waals surface area (Å²) in [5.74, 6) is 0. The van der Waals surface area contributed by atoms with Gasteiger partial charge in [0.2, 0.25) is 0 Å². The van der Waals surface area contributed by atoms with E-state index in [1.54, 1.807) is 6.92 Å². The van der Waals surface area contributed by atoms with Crippen LogP contribution in [0.4, 0.5) is 0 Å². The highest BCUT2D eigenvalue weighted by atomic mass is 16.3. The van der Waals surface area contributed by atoms with Gasteiger partial charge >= 0.3 is 5.69 Å². The quantitative estimate of drug-likeness (QED) is 0.682. The van der Waals surface area contributed by atoms with Gasteiger partial charge in [0.05, 0.1) is 30.5 Å². The van der Waals surface area contributed by atoms with Gasteiger partial charge in [0.25, 0.3) is 5.56 Å². The number of nitrogens with zero attached hydrogens (tertiary/aromatic N) is 3. The third-order valence-electron chi connectivity index (χ3n) is 3.22. The van der Waals surface area contributed by atoms with E-state index >= 15 is 0 Å². The lowest BCUT2D eigenvalue weighted by Gasteiger charge is -2.13. The molecule has 8 heteroatoms. The van der Waals surface area contributed by atoms with E-state index in [4.69, 9.17) is 5.11 Å². The van der Waals surface area contributed by atoms with Gasteiger partial charge in [-0.3, -0.25) is 19.4 Å². The van der Waals surface area contributed by atoms with E-state index in [1.165, 1.54) is 15.8 Å². The fraction of sp³-hybridized carbons (Fsp3) is 0.600. The molecule has 0 aliphatic carbocycles. The van der Waals surface area contributed by atoms with Crippen molar-refractivity contribution in [2.45, 2.75) is 25.4 Å². The monoisotopic (exact) mass is 254 g/mol. The van der Waals surface area contributed by atoms with Gasteiger partial charge in [0.15, 0.2) is 0 Å². The molecule has 0 bridgehead atoms. The number of aliphatic hydroxyl groups is 1. The van der Waals surface area contributed by atoms with Crippen LogP contribution in [-0.4, -0.2) is 38.9 Å². The third-order valence-corrected chi connectivity index (χ3v) is 3.22. The molecule has 1 fully saturated rings. The fourth-order valence-electron chi connectivity index (χ4n) is 2.20. The molecule has 0 spiro atoms. The molecule has 2 rings (SSSR count). The maximum absolute atomic E-state index is 11.7. The molecule has 0 saturated carbocycles. The van der Waals surface area contributed by atoms with Gasteiger partial charge in [0.1, 0.15) is 0 Å². The van der Waals surface area contributed by atoms with Crippen LogP contribution in [0.5, 0.6) is 0 Å². The third kappa shape index (κ3) is 2.06. The first-order valence-corrected chi connectivity index (χ1v) is 5.59. The summed E-state index contributed by atoms with van der Waals surface area (Å²) < 4.78 is 1.38. The van der Waals surface area contributed by atoms with Crippen molar-refractivity contribution >= 4 is 0 Å². The van der Waals surface area contributed by atoms with Crippen LogP contribution in [0, 0.1) is 11.8 Å². The zero-order chi connectivity index (χ0) is 13.3. The molecule has 2 atom stereocenters. The largest absolute Gasteiger partial charge is 0.394 e. The average molecular weight is 254 g/mol. The standard InChI is InChI=1S/C10H14N4O4/c1-6-3-13(10(17)11-9(6)16)7-2-8(5-15)14(4-7)12-18/h3,7-8,15H,2,4-5H2,1H3,(H,11,16,17). The van der Waals surface area contributed by atoms with E-state index < -0.39 is 11.2 Å². The summed E-state index contributed by atoms with van der Waals surface area (Å²) in [6.45, 7) is 1.66. The summed E-state index contributed by atoms with van der Waals surface area (Å²) in [5.41, 5.74) is -0.508. The van der Waals surface area contributed by atoms with Crippen LogP contribution < -0.4 is 11.2 Å². The molecule has 1 aliphatic heterocycles. The highest BCUT2D eigenvalue weighted by Gasteiger charge is 2.33. The zero-order valence-corrected chi connectivity index (χ0v) is 9.87. The Hall–Kier alpha value is -1.96. The van der Waals surface area contributed by atoms with Crippen molar-refractivity contribution in [2.24, 2.45) is 5.29 Å². The Morgan fingerprint density at radius 2 is 2.28 bits per heavy atom. The number of hydrogen-bond acceptors (Lipinski definition) is 5. The molecule has 1 aliphatic rings. The van der Waals surface area contributed by atoms with Crippen molar-refractivity contribution < 1.29 is 5.11 Å². The van der Waals surface area contributed by atoms with Gasteiger partial charge in [-0.15, -0.1) is 4.91 Å². The number of aliphatic hydroxyl groups excluding tert-OH is 1. The second kappa shape index (κ2) is 4.73. The van der Waals surface area contributed by atoms with Crippen LogP contribution in [0.15, 0.2) is 21.1 Å². The second-order valence-corrected chi connectivity index (χ2v) is 4.41. The van der Waals surface area contributed by atoms with Crippen molar-refractivity contribution in [1.82, 2.24) is 14.6 Å². The van der Waals surface area contributed by atoms with Gasteiger partial charge in [-0.1, -0.05) is 0 Å². The van der Waals surface area contributed by atoms with Crippen LogP contribution >= 0.6 is 0 Å². The molecule has 0 radical (unpaired) electrons. The van der Waals surface area contributed by atoms with Crippen molar-refractivity contribution in [3.05, 3.63) is 37.5 Å². The van der Waals surface area contributed by atoms with Gasteiger partial charge < -0.3 is 5.11 Å². The van der Waals surface area contributed by atoms with Crippen LogP contribution in [0.2, 0.25) is 0 Å². The lowest BCUT2D eigenvalue weighted by molar-refractivity contribution is 0.161. The summed E-state index contributed by atoms with van der Waals surface area (Å²) in [7, 11) is 0. The number of aryl methyl sites for hydroxylation is 1. The fourth-order valence-corrected chi connectivity index (χ4v) is 2.20. The number of H-pyrrole nitrogens is 1. The van der Waals surface area contributed by atoms with E-state index in [1.807, 2.05) is 0 Å². The number of hydrogen-bond donors (Lipinski definition) is 2. The molecule has 0 amide bonds. The summed E-state index contributed by atoms with van der Waals surface area (Å²) in [4.78, 5) is 35.7. The molecular weight excluding hydrogens is 240 g/mol. The van der Waals surface area contributed by atoms with E-state index in [9.17, 15) is 14.5 Å². The second-order valence-electron chi connectivity index (χ2n) is 4.41. The Morgan fingerprint density at radius 3 is 2.83 bits per heavy atom. The Kier molecular flexibility index (Phi) is 3.28. The molecule has 2 unspecified atom stereocenters. The first kappa shape index (κ1) is 12.5. The van der Waals surface area contributed by atoms with Gasteiger partial charge in [-0.2, -0.15) is 0 Å². The van der Waals surface area contributed by atoms with Gasteiger partial charge in [-0.05, 0) is 13.3 Å². The van der Waals surface area contributed by atoms with Crippen LogP contribution in [-0.2, 0) is 0 Å². The Balaban J connectivity index is 2.34. The van der Waals surface area contributed by atoms with E-state index in [0.717, 1.165) is 0 Å². The summed E-state index contributed by atoms with van der Waals surface area (Å²) in [5, 5.41) is 13.2. The molecule has 2 heterocycles. The summed E-state index contributed by atoms with van der Waals surface area (Å²) in [6, 6.07) is -0.658. The summed E-state index contributed by atoms with van der Waals surface area (Å²) >= 11 is 0. The van der Waals surface area contributed by atoms with Crippen LogP contribution in [0.3, 0.4) is 0 Å². The first-order chi connectivity index (χ1) is 8.56. The number of nitrogens with one attached hydrogen (secondary N) is 1. The predicted octanol–water partition coefficient (Wildman–Crippen LogP) is -0.866. The van der Waals surface area contributed by atoms with Crippen LogP contribution in [0.1, 0.15) is 18.0 Å². The predicted molar refractivity (Wildman–Crippen MR) is 63.1 cm³/mol. The van der Waals surface area contributed by atoms with Gasteiger partial charge in [-0.25, -0.2) is 4.79 Å². The highest BCUT2D eigenvalue weighted by molar-refractivity contribution is 5.03. The normalized spacial score (nSPS) is 23.3. The smallest absolute Gasteiger partial charge is 0.328 e. The number of rotatable bonds is 3. The van der Waals surface area contributed by atoms with E-state index in [0.29, 0.717) is 12.0 Å². The average Bonchev–Trinajstić information content (AvgIpc) is 2.76. The molecule has 8 nitrogen and oxygen atoms in total. The Morgan fingerprint density at radius 1 is 1.56 bits per heavy atom. The van der Waals surface area contributed by atoms with E-state index in [-0.39, 0.29) is 25.2 Å². The molecule has 1 aromatic rings. The Labute approximate surface area is 102 Å². The van der Waals surface area contributed by atoms with Crippen molar-refractivity contribution in [3.63, 3.8) is 0 Å². The van der Waals surface area contributed by atoms with E-state index in [2.05, 4.69) is 10.3 Å². The molecule has 0 aromatic carbocycles. The number of aromatic nitrogens is 2. The maximum atomic E-state index is 11.7. The minimum absolute atomic E-state index is 0.195. The molecule has 1 saturated heterocycles.